The molecule has 0 unspecified atom stereocenters. The summed E-state index contributed by atoms with van der Waals surface area (Å²) in [6.07, 6.45) is -3.58. The van der Waals surface area contributed by atoms with E-state index in [0.717, 1.165) is 11.3 Å². The first-order valence-corrected chi connectivity index (χ1v) is 5.99. The van der Waals surface area contributed by atoms with Gasteiger partial charge in [-0.25, -0.2) is 0 Å². The Hall–Kier alpha value is -1.14. The van der Waals surface area contributed by atoms with Gasteiger partial charge in [-0.05, 0) is 37.1 Å². The topological polar surface area (TPSA) is 82.0 Å². The van der Waals surface area contributed by atoms with Crippen molar-refractivity contribution in [1.82, 2.24) is 0 Å². The van der Waals surface area contributed by atoms with Gasteiger partial charge in [0.1, 0.15) is 18.3 Å². The standard InChI is InChI=1S/C13H19NO4/c1-7-3-4-9(5-8(7)2)14-13-12(17)11(16)10(6-15)18-13/h3-5,10-17H,6H2,1-2H3/t10-,11+,12-,13-/m1/s1. The van der Waals surface area contributed by atoms with Crippen molar-refractivity contribution < 1.29 is 20.1 Å². The van der Waals surface area contributed by atoms with Crippen LogP contribution in [0.25, 0.3) is 0 Å². The van der Waals surface area contributed by atoms with Gasteiger partial charge in [-0.3, -0.25) is 0 Å². The lowest BCUT2D eigenvalue weighted by Crippen LogP contribution is -2.36. The van der Waals surface area contributed by atoms with Crippen LogP contribution in [0.3, 0.4) is 0 Å². The van der Waals surface area contributed by atoms with E-state index in [9.17, 15) is 10.2 Å². The molecule has 1 aromatic rings. The molecule has 1 fully saturated rings. The van der Waals surface area contributed by atoms with E-state index in [4.69, 9.17) is 9.84 Å². The van der Waals surface area contributed by atoms with Gasteiger partial charge in [0.25, 0.3) is 0 Å². The lowest BCUT2D eigenvalue weighted by atomic mass is 10.1. The molecular weight excluding hydrogens is 234 g/mol. The maximum atomic E-state index is 9.80. The van der Waals surface area contributed by atoms with Crippen LogP contribution in [0.2, 0.25) is 0 Å². The molecule has 0 bridgehead atoms. The minimum absolute atomic E-state index is 0.316. The summed E-state index contributed by atoms with van der Waals surface area (Å²) in [5.74, 6) is 0. The van der Waals surface area contributed by atoms with Crippen LogP contribution in [0.5, 0.6) is 0 Å². The predicted octanol–water partition coefficient (Wildman–Crippen LogP) is 0.154. The number of ether oxygens (including phenoxy) is 1. The highest BCUT2D eigenvalue weighted by Gasteiger charge is 2.42. The molecular formula is C13H19NO4. The summed E-state index contributed by atoms with van der Waals surface area (Å²) in [5.41, 5.74) is 3.13. The number of aliphatic hydroxyl groups is 3. The Morgan fingerprint density at radius 1 is 1.17 bits per heavy atom. The minimum Gasteiger partial charge on any atom is -0.394 e. The molecule has 1 aliphatic heterocycles. The number of aliphatic hydroxyl groups excluding tert-OH is 3. The summed E-state index contributed by atoms with van der Waals surface area (Å²) in [7, 11) is 0. The Bertz CT molecular complexity index is 423. The highest BCUT2D eigenvalue weighted by atomic mass is 16.6. The first-order chi connectivity index (χ1) is 8.52. The largest absolute Gasteiger partial charge is 0.394 e. The molecule has 100 valence electrons. The SMILES string of the molecule is Cc1ccc(N[C@@H]2O[C@H](CO)[C@H](O)[C@H]2O)cc1C. The zero-order valence-corrected chi connectivity index (χ0v) is 10.5. The number of anilines is 1. The number of hydrogen-bond donors (Lipinski definition) is 4. The number of benzene rings is 1. The summed E-state index contributed by atoms with van der Waals surface area (Å²) >= 11 is 0. The van der Waals surface area contributed by atoms with Gasteiger partial charge in [-0.1, -0.05) is 6.07 Å². The van der Waals surface area contributed by atoms with Crippen molar-refractivity contribution in [3.05, 3.63) is 29.3 Å². The van der Waals surface area contributed by atoms with Crippen LogP contribution in [-0.2, 0) is 4.74 Å². The Morgan fingerprint density at radius 3 is 2.44 bits per heavy atom. The number of aryl methyl sites for hydroxylation is 2. The second-order valence-electron chi connectivity index (χ2n) is 4.70. The van der Waals surface area contributed by atoms with E-state index in [1.54, 1.807) is 0 Å². The van der Waals surface area contributed by atoms with E-state index in [2.05, 4.69) is 5.32 Å². The summed E-state index contributed by atoms with van der Waals surface area (Å²) in [5, 5.41) is 31.4. The quantitative estimate of drug-likeness (QED) is 0.616. The molecule has 4 N–H and O–H groups in total. The number of hydrogen-bond acceptors (Lipinski definition) is 5. The Labute approximate surface area is 106 Å². The summed E-state index contributed by atoms with van der Waals surface area (Å²) in [6, 6.07) is 5.81. The van der Waals surface area contributed by atoms with Crippen LogP contribution < -0.4 is 5.32 Å². The molecule has 0 aliphatic carbocycles. The lowest BCUT2D eigenvalue weighted by molar-refractivity contribution is -0.0153. The molecule has 2 rings (SSSR count). The van der Waals surface area contributed by atoms with Crippen LogP contribution in [-0.4, -0.2) is 46.5 Å². The van der Waals surface area contributed by atoms with Crippen LogP contribution >= 0.6 is 0 Å². The molecule has 18 heavy (non-hydrogen) atoms. The minimum atomic E-state index is -1.07. The van der Waals surface area contributed by atoms with Crippen LogP contribution in [0.1, 0.15) is 11.1 Å². The number of rotatable bonds is 3. The lowest BCUT2D eigenvalue weighted by Gasteiger charge is -2.18. The van der Waals surface area contributed by atoms with Gasteiger partial charge in [0.2, 0.25) is 0 Å². The first-order valence-electron chi connectivity index (χ1n) is 5.99. The highest BCUT2D eigenvalue weighted by Crippen LogP contribution is 2.23. The van der Waals surface area contributed by atoms with Crippen molar-refractivity contribution in [3.63, 3.8) is 0 Å². The third-order valence-electron chi connectivity index (χ3n) is 3.36. The van der Waals surface area contributed by atoms with Crippen LogP contribution in [0, 0.1) is 13.8 Å². The average molecular weight is 253 g/mol. The van der Waals surface area contributed by atoms with Crippen molar-refractivity contribution in [3.8, 4) is 0 Å². The normalized spacial score (nSPS) is 31.6. The number of nitrogens with one attached hydrogen (secondary N) is 1. The van der Waals surface area contributed by atoms with Crippen molar-refractivity contribution in [2.75, 3.05) is 11.9 Å². The molecule has 0 spiro atoms. The van der Waals surface area contributed by atoms with E-state index < -0.39 is 24.5 Å². The third kappa shape index (κ3) is 2.49. The van der Waals surface area contributed by atoms with E-state index in [1.807, 2.05) is 32.0 Å². The molecule has 4 atom stereocenters. The molecule has 0 radical (unpaired) electrons. The van der Waals surface area contributed by atoms with Crippen molar-refractivity contribution in [2.45, 2.75) is 38.4 Å². The van der Waals surface area contributed by atoms with E-state index in [0.29, 0.717) is 0 Å². The monoisotopic (exact) mass is 253 g/mol. The summed E-state index contributed by atoms with van der Waals surface area (Å²) in [4.78, 5) is 0. The molecule has 1 saturated heterocycles. The fourth-order valence-corrected chi connectivity index (χ4v) is 2.01. The molecule has 0 amide bonds. The summed E-state index contributed by atoms with van der Waals surface area (Å²) in [6.45, 7) is 3.70. The van der Waals surface area contributed by atoms with Crippen molar-refractivity contribution in [2.24, 2.45) is 0 Å². The zero-order valence-electron chi connectivity index (χ0n) is 10.5. The second kappa shape index (κ2) is 5.24. The molecule has 5 nitrogen and oxygen atoms in total. The maximum absolute atomic E-state index is 9.80. The average Bonchev–Trinajstić information content (AvgIpc) is 2.62. The van der Waals surface area contributed by atoms with Crippen molar-refractivity contribution in [1.29, 1.82) is 0 Å². The van der Waals surface area contributed by atoms with Gasteiger partial charge in [0.05, 0.1) is 6.61 Å². The first kappa shape index (κ1) is 13.3. The van der Waals surface area contributed by atoms with E-state index in [1.165, 1.54) is 5.56 Å². The molecule has 1 heterocycles. The van der Waals surface area contributed by atoms with Crippen LogP contribution in [0.15, 0.2) is 18.2 Å². The Balaban J connectivity index is 2.07. The van der Waals surface area contributed by atoms with Gasteiger partial charge >= 0.3 is 0 Å². The highest BCUT2D eigenvalue weighted by molar-refractivity contribution is 5.48. The maximum Gasteiger partial charge on any atom is 0.157 e. The van der Waals surface area contributed by atoms with Crippen LogP contribution in [0.4, 0.5) is 5.69 Å². The van der Waals surface area contributed by atoms with Gasteiger partial charge < -0.3 is 25.4 Å². The second-order valence-corrected chi connectivity index (χ2v) is 4.70. The Morgan fingerprint density at radius 2 is 1.89 bits per heavy atom. The van der Waals surface area contributed by atoms with Gasteiger partial charge in [0, 0.05) is 5.69 Å². The smallest absolute Gasteiger partial charge is 0.157 e. The predicted molar refractivity (Wildman–Crippen MR) is 67.3 cm³/mol. The van der Waals surface area contributed by atoms with E-state index in [-0.39, 0.29) is 6.61 Å². The van der Waals surface area contributed by atoms with Gasteiger partial charge in [0.15, 0.2) is 6.23 Å². The molecule has 1 aromatic carbocycles. The fraction of sp³-hybridized carbons (Fsp3) is 0.538. The fourth-order valence-electron chi connectivity index (χ4n) is 2.01. The Kier molecular flexibility index (Phi) is 3.87. The zero-order chi connectivity index (χ0) is 13.3. The van der Waals surface area contributed by atoms with Gasteiger partial charge in [-0.15, -0.1) is 0 Å². The van der Waals surface area contributed by atoms with E-state index >= 15 is 0 Å². The van der Waals surface area contributed by atoms with Crippen molar-refractivity contribution >= 4 is 5.69 Å². The third-order valence-corrected chi connectivity index (χ3v) is 3.36. The summed E-state index contributed by atoms with van der Waals surface area (Å²) < 4.78 is 5.35. The molecule has 5 heteroatoms. The molecule has 1 aliphatic rings. The molecule has 0 aromatic heterocycles. The van der Waals surface area contributed by atoms with Gasteiger partial charge in [-0.2, -0.15) is 0 Å². The molecule has 0 saturated carbocycles.